The monoisotopic (exact) mass is 192 g/mol. The lowest BCUT2D eigenvalue weighted by molar-refractivity contribution is -0.140. The number of carboxylic acids is 1. The fourth-order valence-electron chi connectivity index (χ4n) is 1.60. The molecular weight excluding hydrogens is 180 g/mol. The van der Waals surface area contributed by atoms with E-state index in [-0.39, 0.29) is 0 Å². The van der Waals surface area contributed by atoms with E-state index in [1.54, 1.807) is 0 Å². The largest absolute Gasteiger partial charge is 0.480 e. The number of hydrogen-bond acceptors (Lipinski definition) is 3. The van der Waals surface area contributed by atoms with E-state index in [1.165, 1.54) is 0 Å². The number of carboxylic acid groups (broad SMARTS) is 1. The molecular formula is C10H12N2O2. The SMILES string of the molecule is Cc1cc(C)nc(C2(C(=O)O)CC2)n1. The van der Waals surface area contributed by atoms with Crippen LogP contribution in [0, 0.1) is 13.8 Å². The highest BCUT2D eigenvalue weighted by Crippen LogP contribution is 2.46. The van der Waals surface area contributed by atoms with Gasteiger partial charge in [-0.2, -0.15) is 0 Å². The molecule has 4 nitrogen and oxygen atoms in total. The van der Waals surface area contributed by atoms with Crippen LogP contribution in [-0.4, -0.2) is 21.0 Å². The van der Waals surface area contributed by atoms with E-state index in [9.17, 15) is 4.79 Å². The lowest BCUT2D eigenvalue weighted by Crippen LogP contribution is -2.23. The number of aliphatic carboxylic acids is 1. The van der Waals surface area contributed by atoms with E-state index in [4.69, 9.17) is 5.11 Å². The zero-order valence-corrected chi connectivity index (χ0v) is 8.24. The number of rotatable bonds is 2. The summed E-state index contributed by atoms with van der Waals surface area (Å²) in [6.45, 7) is 3.71. The van der Waals surface area contributed by atoms with E-state index in [0.29, 0.717) is 18.7 Å². The summed E-state index contributed by atoms with van der Waals surface area (Å²) in [5.41, 5.74) is 0.886. The summed E-state index contributed by atoms with van der Waals surface area (Å²) in [5, 5.41) is 9.06. The first-order valence-electron chi connectivity index (χ1n) is 4.61. The normalized spacial score (nSPS) is 17.9. The fourth-order valence-corrected chi connectivity index (χ4v) is 1.60. The zero-order chi connectivity index (χ0) is 10.3. The molecule has 0 aliphatic heterocycles. The molecule has 0 radical (unpaired) electrons. The standard InChI is InChI=1S/C10H12N2O2/c1-6-5-7(2)12-8(11-6)10(3-4-10)9(13)14/h5H,3-4H2,1-2H3,(H,13,14). The van der Waals surface area contributed by atoms with Crippen LogP contribution in [0.25, 0.3) is 0 Å². The Kier molecular flexibility index (Phi) is 1.80. The van der Waals surface area contributed by atoms with Crippen molar-refractivity contribution >= 4 is 5.97 Å². The van der Waals surface area contributed by atoms with Crippen LogP contribution in [0.2, 0.25) is 0 Å². The Morgan fingerprint density at radius 2 is 1.86 bits per heavy atom. The molecule has 1 N–H and O–H groups in total. The number of aryl methyl sites for hydroxylation is 2. The maximum absolute atomic E-state index is 11.0. The molecule has 0 aromatic carbocycles. The van der Waals surface area contributed by atoms with Crippen molar-refractivity contribution in [3.63, 3.8) is 0 Å². The molecule has 0 amide bonds. The molecule has 1 aliphatic rings. The van der Waals surface area contributed by atoms with Crippen LogP contribution in [0.1, 0.15) is 30.1 Å². The predicted molar refractivity (Wildman–Crippen MR) is 50.1 cm³/mol. The van der Waals surface area contributed by atoms with Gasteiger partial charge >= 0.3 is 5.97 Å². The average Bonchev–Trinajstić information content (AvgIpc) is 2.81. The first kappa shape index (κ1) is 9.12. The molecule has 1 fully saturated rings. The van der Waals surface area contributed by atoms with Gasteiger partial charge in [0.25, 0.3) is 0 Å². The van der Waals surface area contributed by atoms with Crippen molar-refractivity contribution in [3.05, 3.63) is 23.3 Å². The van der Waals surface area contributed by atoms with E-state index >= 15 is 0 Å². The van der Waals surface area contributed by atoms with Crippen LogP contribution in [0.15, 0.2) is 6.07 Å². The molecule has 74 valence electrons. The summed E-state index contributed by atoms with van der Waals surface area (Å²) >= 11 is 0. The lowest BCUT2D eigenvalue weighted by atomic mass is 10.1. The minimum absolute atomic E-state index is 0.475. The van der Waals surface area contributed by atoms with E-state index in [0.717, 1.165) is 11.4 Å². The van der Waals surface area contributed by atoms with Gasteiger partial charge in [0.15, 0.2) is 0 Å². The van der Waals surface area contributed by atoms with Crippen molar-refractivity contribution in [3.8, 4) is 0 Å². The van der Waals surface area contributed by atoms with E-state index in [1.807, 2.05) is 19.9 Å². The highest BCUT2D eigenvalue weighted by Gasteiger charge is 2.54. The minimum atomic E-state index is -0.803. The summed E-state index contributed by atoms with van der Waals surface area (Å²) in [6, 6.07) is 1.85. The van der Waals surface area contributed by atoms with Crippen LogP contribution in [-0.2, 0) is 10.2 Å². The van der Waals surface area contributed by atoms with E-state index < -0.39 is 11.4 Å². The Morgan fingerprint density at radius 3 is 2.21 bits per heavy atom. The first-order valence-corrected chi connectivity index (χ1v) is 4.61. The number of carbonyl (C=O) groups is 1. The summed E-state index contributed by atoms with van der Waals surface area (Å²) < 4.78 is 0. The summed E-state index contributed by atoms with van der Waals surface area (Å²) in [7, 11) is 0. The van der Waals surface area contributed by atoms with Gasteiger partial charge in [0.05, 0.1) is 0 Å². The second kappa shape index (κ2) is 2.77. The molecule has 0 bridgehead atoms. The van der Waals surface area contributed by atoms with Gasteiger partial charge in [-0.1, -0.05) is 0 Å². The zero-order valence-electron chi connectivity index (χ0n) is 8.24. The van der Waals surface area contributed by atoms with Gasteiger partial charge in [-0.15, -0.1) is 0 Å². The third kappa shape index (κ3) is 1.27. The molecule has 0 saturated heterocycles. The maximum atomic E-state index is 11.0. The number of hydrogen-bond donors (Lipinski definition) is 1. The number of aromatic nitrogens is 2. The molecule has 1 aliphatic carbocycles. The topological polar surface area (TPSA) is 63.1 Å². The van der Waals surface area contributed by atoms with Gasteiger partial charge < -0.3 is 5.11 Å². The maximum Gasteiger partial charge on any atom is 0.317 e. The van der Waals surface area contributed by atoms with Crippen LogP contribution >= 0.6 is 0 Å². The third-order valence-electron chi connectivity index (χ3n) is 2.57. The summed E-state index contributed by atoms with van der Waals surface area (Å²) in [5.74, 6) is -0.329. The van der Waals surface area contributed by atoms with Crippen molar-refractivity contribution in [1.82, 2.24) is 9.97 Å². The van der Waals surface area contributed by atoms with Crippen LogP contribution < -0.4 is 0 Å². The van der Waals surface area contributed by atoms with Crippen LogP contribution in [0.4, 0.5) is 0 Å². The molecule has 14 heavy (non-hydrogen) atoms. The lowest BCUT2D eigenvalue weighted by Gasteiger charge is -2.09. The average molecular weight is 192 g/mol. The van der Waals surface area contributed by atoms with Crippen molar-refractivity contribution in [1.29, 1.82) is 0 Å². The predicted octanol–water partition coefficient (Wildman–Crippen LogP) is 1.21. The highest BCUT2D eigenvalue weighted by atomic mass is 16.4. The smallest absolute Gasteiger partial charge is 0.317 e. The summed E-state index contributed by atoms with van der Waals surface area (Å²) in [6.07, 6.45) is 1.32. The molecule has 2 rings (SSSR count). The van der Waals surface area contributed by atoms with Gasteiger partial charge in [-0.05, 0) is 32.8 Å². The van der Waals surface area contributed by atoms with Gasteiger partial charge in [0.2, 0.25) is 0 Å². The molecule has 0 unspecified atom stereocenters. The van der Waals surface area contributed by atoms with Crippen molar-refractivity contribution in [2.24, 2.45) is 0 Å². The molecule has 0 atom stereocenters. The van der Waals surface area contributed by atoms with Crippen molar-refractivity contribution in [2.45, 2.75) is 32.1 Å². The van der Waals surface area contributed by atoms with Gasteiger partial charge in [0.1, 0.15) is 11.2 Å². The fraction of sp³-hybridized carbons (Fsp3) is 0.500. The van der Waals surface area contributed by atoms with Crippen LogP contribution in [0.3, 0.4) is 0 Å². The molecule has 1 aromatic rings. The summed E-state index contributed by atoms with van der Waals surface area (Å²) in [4.78, 5) is 19.4. The highest BCUT2D eigenvalue weighted by molar-refractivity contribution is 5.83. The second-order valence-electron chi connectivity index (χ2n) is 3.86. The quantitative estimate of drug-likeness (QED) is 0.765. The second-order valence-corrected chi connectivity index (χ2v) is 3.86. The molecule has 1 saturated carbocycles. The first-order chi connectivity index (χ1) is 6.54. The van der Waals surface area contributed by atoms with Crippen molar-refractivity contribution < 1.29 is 9.90 Å². The molecule has 1 heterocycles. The van der Waals surface area contributed by atoms with Gasteiger partial charge in [-0.3, -0.25) is 4.79 Å². The van der Waals surface area contributed by atoms with Crippen molar-refractivity contribution in [2.75, 3.05) is 0 Å². The van der Waals surface area contributed by atoms with E-state index in [2.05, 4.69) is 9.97 Å². The molecule has 0 spiro atoms. The van der Waals surface area contributed by atoms with Gasteiger partial charge in [-0.25, -0.2) is 9.97 Å². The van der Waals surface area contributed by atoms with Crippen LogP contribution in [0.5, 0.6) is 0 Å². The Morgan fingerprint density at radius 1 is 1.36 bits per heavy atom. The Labute approximate surface area is 82.0 Å². The Hall–Kier alpha value is -1.45. The minimum Gasteiger partial charge on any atom is -0.480 e. The molecule has 4 heteroatoms. The number of nitrogens with zero attached hydrogens (tertiary/aromatic N) is 2. The van der Waals surface area contributed by atoms with Gasteiger partial charge in [0, 0.05) is 11.4 Å². The molecule has 1 aromatic heterocycles. The Bertz CT molecular complexity index is 377. The Balaban J connectivity index is 2.47. The third-order valence-corrected chi connectivity index (χ3v) is 2.57.